The molecule has 82 valence electrons. The first-order valence-electron chi connectivity index (χ1n) is 4.52. The van der Waals surface area contributed by atoms with Gasteiger partial charge in [-0.1, -0.05) is 17.4 Å². The van der Waals surface area contributed by atoms with Crippen LogP contribution in [0.3, 0.4) is 0 Å². The van der Waals surface area contributed by atoms with Crippen LogP contribution in [-0.2, 0) is 0 Å². The third kappa shape index (κ3) is 2.45. The number of thiazole rings is 1. The molecule has 0 spiro atoms. The van der Waals surface area contributed by atoms with Gasteiger partial charge in [0.25, 0.3) is 5.91 Å². The van der Waals surface area contributed by atoms with Gasteiger partial charge in [-0.3, -0.25) is 15.1 Å². The molecule has 0 aromatic carbocycles. The van der Waals surface area contributed by atoms with Gasteiger partial charge in [0.2, 0.25) is 0 Å². The van der Waals surface area contributed by atoms with Crippen LogP contribution in [0.25, 0.3) is 0 Å². The normalized spacial score (nSPS) is 10.1. The van der Waals surface area contributed by atoms with Gasteiger partial charge in [0.15, 0.2) is 5.13 Å². The van der Waals surface area contributed by atoms with Crippen molar-refractivity contribution < 1.29 is 4.79 Å². The van der Waals surface area contributed by atoms with Crippen LogP contribution < -0.4 is 5.32 Å². The van der Waals surface area contributed by atoms with E-state index in [0.29, 0.717) is 10.8 Å². The van der Waals surface area contributed by atoms with Gasteiger partial charge < -0.3 is 0 Å². The van der Waals surface area contributed by atoms with Gasteiger partial charge in [-0.25, -0.2) is 4.98 Å². The van der Waals surface area contributed by atoms with Crippen LogP contribution in [-0.4, -0.2) is 15.9 Å². The van der Waals surface area contributed by atoms with Crippen LogP contribution in [0, 0.1) is 6.92 Å². The maximum Gasteiger partial charge on any atom is 0.276 e. The maximum atomic E-state index is 11.7. The average Bonchev–Trinajstić information content (AvgIpc) is 2.59. The molecular weight excluding hydrogens is 290 g/mol. The number of nitrogens with one attached hydrogen (secondary N) is 1. The largest absolute Gasteiger partial charge is 0.296 e. The molecule has 6 heteroatoms. The number of amides is 1. The molecule has 0 bridgehead atoms. The minimum absolute atomic E-state index is 0.248. The lowest BCUT2D eigenvalue weighted by atomic mass is 10.3. The Morgan fingerprint density at radius 1 is 1.50 bits per heavy atom. The number of aromatic nitrogens is 2. The summed E-state index contributed by atoms with van der Waals surface area (Å²) in [5.41, 5.74) is 1.24. The van der Waals surface area contributed by atoms with E-state index in [-0.39, 0.29) is 5.91 Å². The van der Waals surface area contributed by atoms with Crippen molar-refractivity contribution in [3.63, 3.8) is 0 Å². The predicted octanol–water partition coefficient (Wildman–Crippen LogP) is 2.86. The molecule has 0 saturated heterocycles. The highest BCUT2D eigenvalue weighted by molar-refractivity contribution is 9.11. The van der Waals surface area contributed by atoms with E-state index in [1.54, 1.807) is 24.4 Å². The molecule has 0 unspecified atom stereocenters. The molecule has 16 heavy (non-hydrogen) atoms. The van der Waals surface area contributed by atoms with E-state index in [1.165, 1.54) is 11.3 Å². The van der Waals surface area contributed by atoms with E-state index >= 15 is 0 Å². The molecule has 2 aromatic rings. The molecule has 0 aliphatic rings. The van der Waals surface area contributed by atoms with Crippen LogP contribution in [0.15, 0.2) is 28.2 Å². The molecule has 4 nitrogen and oxygen atoms in total. The minimum atomic E-state index is -0.248. The van der Waals surface area contributed by atoms with Crippen molar-refractivity contribution in [1.29, 1.82) is 0 Å². The zero-order chi connectivity index (χ0) is 11.5. The molecule has 2 aromatic heterocycles. The van der Waals surface area contributed by atoms with Crippen LogP contribution in [0.5, 0.6) is 0 Å². The fraction of sp³-hybridized carbons (Fsp3) is 0.100. The second kappa shape index (κ2) is 4.71. The zero-order valence-electron chi connectivity index (χ0n) is 8.40. The van der Waals surface area contributed by atoms with Crippen molar-refractivity contribution in [1.82, 2.24) is 9.97 Å². The quantitative estimate of drug-likeness (QED) is 0.927. The summed E-state index contributed by atoms with van der Waals surface area (Å²) in [4.78, 5) is 19.9. The summed E-state index contributed by atoms with van der Waals surface area (Å²) in [6, 6.07) is 5.19. The van der Waals surface area contributed by atoms with E-state index in [9.17, 15) is 4.79 Å². The maximum absolute atomic E-state index is 11.7. The Morgan fingerprint density at radius 2 is 2.31 bits per heavy atom. The first-order chi connectivity index (χ1) is 7.66. The zero-order valence-corrected chi connectivity index (χ0v) is 10.8. The molecule has 0 saturated carbocycles. The van der Waals surface area contributed by atoms with E-state index in [0.717, 1.165) is 9.48 Å². The summed E-state index contributed by atoms with van der Waals surface area (Å²) >= 11 is 4.73. The number of anilines is 1. The van der Waals surface area contributed by atoms with Gasteiger partial charge in [0.1, 0.15) is 5.69 Å². The van der Waals surface area contributed by atoms with E-state index in [2.05, 4.69) is 31.2 Å². The number of carbonyl (C=O) groups is 1. The number of aryl methyl sites for hydroxylation is 1. The highest BCUT2D eigenvalue weighted by Gasteiger charge is 2.10. The van der Waals surface area contributed by atoms with E-state index < -0.39 is 0 Å². The van der Waals surface area contributed by atoms with Crippen molar-refractivity contribution in [2.75, 3.05) is 5.32 Å². The molecule has 0 aliphatic heterocycles. The molecule has 0 radical (unpaired) electrons. The summed E-state index contributed by atoms with van der Waals surface area (Å²) in [6.45, 7) is 1.87. The van der Waals surface area contributed by atoms with Gasteiger partial charge in [-0.2, -0.15) is 0 Å². The molecule has 2 rings (SSSR count). The van der Waals surface area contributed by atoms with Gasteiger partial charge in [0, 0.05) is 6.20 Å². The number of carbonyl (C=O) groups excluding carboxylic acids is 1. The van der Waals surface area contributed by atoms with Crippen molar-refractivity contribution in [2.45, 2.75) is 6.92 Å². The molecule has 1 amide bonds. The summed E-state index contributed by atoms with van der Waals surface area (Å²) in [7, 11) is 0. The van der Waals surface area contributed by atoms with Crippen LogP contribution in [0.2, 0.25) is 0 Å². The second-order valence-corrected chi connectivity index (χ2v) is 5.36. The average molecular weight is 298 g/mol. The lowest BCUT2D eigenvalue weighted by Gasteiger charge is -1.99. The third-order valence-corrected chi connectivity index (χ3v) is 3.78. The number of nitrogens with zero attached hydrogens (tertiary/aromatic N) is 2. The van der Waals surface area contributed by atoms with E-state index in [1.807, 2.05) is 6.92 Å². The fourth-order valence-electron chi connectivity index (χ4n) is 1.09. The van der Waals surface area contributed by atoms with Crippen LogP contribution in [0.4, 0.5) is 5.13 Å². The monoisotopic (exact) mass is 297 g/mol. The second-order valence-electron chi connectivity index (χ2n) is 3.05. The van der Waals surface area contributed by atoms with Gasteiger partial charge in [0.05, 0.1) is 9.48 Å². The first-order valence-corrected chi connectivity index (χ1v) is 6.13. The Labute approximate surface area is 105 Å². The SMILES string of the molecule is Cc1nc(NC(=O)c2ccccn2)sc1Br. The lowest BCUT2D eigenvalue weighted by molar-refractivity contribution is 0.102. The van der Waals surface area contributed by atoms with Crippen molar-refractivity contribution in [3.05, 3.63) is 39.6 Å². The van der Waals surface area contributed by atoms with Crippen LogP contribution >= 0.6 is 27.3 Å². The van der Waals surface area contributed by atoms with Gasteiger partial charge in [-0.15, -0.1) is 0 Å². The molecule has 1 N–H and O–H groups in total. The van der Waals surface area contributed by atoms with Gasteiger partial charge in [-0.05, 0) is 35.0 Å². The summed E-state index contributed by atoms with van der Waals surface area (Å²) in [5, 5.41) is 3.27. The number of hydrogen-bond acceptors (Lipinski definition) is 4. The minimum Gasteiger partial charge on any atom is -0.296 e. The number of hydrogen-bond donors (Lipinski definition) is 1. The Balaban J connectivity index is 2.14. The number of halogens is 1. The standard InChI is InChI=1S/C10H8BrN3OS/c1-6-8(11)16-10(13-6)14-9(15)7-4-2-3-5-12-7/h2-5H,1H3,(H,13,14,15). The van der Waals surface area contributed by atoms with Gasteiger partial charge >= 0.3 is 0 Å². The number of rotatable bonds is 2. The van der Waals surface area contributed by atoms with E-state index in [4.69, 9.17) is 0 Å². The topological polar surface area (TPSA) is 54.9 Å². The molecule has 0 atom stereocenters. The molecule has 2 heterocycles. The summed E-state index contributed by atoms with van der Waals surface area (Å²) in [5.74, 6) is -0.248. The highest BCUT2D eigenvalue weighted by atomic mass is 79.9. The number of pyridine rings is 1. The smallest absolute Gasteiger partial charge is 0.276 e. The van der Waals surface area contributed by atoms with Crippen molar-refractivity contribution >= 4 is 38.3 Å². The molecular formula is C10H8BrN3OS. The fourth-order valence-corrected chi connectivity index (χ4v) is 2.33. The lowest BCUT2D eigenvalue weighted by Crippen LogP contribution is -2.13. The molecule has 0 aliphatic carbocycles. The Hall–Kier alpha value is -1.27. The highest BCUT2D eigenvalue weighted by Crippen LogP contribution is 2.27. The van der Waals surface area contributed by atoms with Crippen LogP contribution in [0.1, 0.15) is 16.2 Å². The van der Waals surface area contributed by atoms with Crippen molar-refractivity contribution in [2.24, 2.45) is 0 Å². The molecule has 0 fully saturated rings. The summed E-state index contributed by atoms with van der Waals surface area (Å²) < 4.78 is 0.920. The summed E-state index contributed by atoms with van der Waals surface area (Å²) in [6.07, 6.45) is 1.58. The Kier molecular flexibility index (Phi) is 3.31. The third-order valence-electron chi connectivity index (χ3n) is 1.86. The van der Waals surface area contributed by atoms with Crippen molar-refractivity contribution in [3.8, 4) is 0 Å². The Morgan fingerprint density at radius 3 is 2.88 bits per heavy atom. The Bertz CT molecular complexity index is 493. The predicted molar refractivity (Wildman–Crippen MR) is 66.7 cm³/mol. The first kappa shape index (κ1) is 11.2.